The van der Waals surface area contributed by atoms with Gasteiger partial charge in [0.2, 0.25) is 5.88 Å². The molecule has 0 bridgehead atoms. The molecule has 46 heavy (non-hydrogen) atoms. The molecule has 0 spiro atoms. The third kappa shape index (κ3) is 7.73. The van der Waals surface area contributed by atoms with Gasteiger partial charge < -0.3 is 28.3 Å². The lowest BCUT2D eigenvalue weighted by atomic mass is 9.82. The molecule has 1 aliphatic heterocycles. The molecule has 2 saturated carbocycles. The summed E-state index contributed by atoms with van der Waals surface area (Å²) < 4.78 is 32.3. The molecule has 2 aliphatic carbocycles. The molecule has 1 aromatic carbocycles. The second kappa shape index (κ2) is 15.2. The molecule has 1 saturated heterocycles. The first-order chi connectivity index (χ1) is 22.7. The number of unbranched alkanes of at least 4 members (excludes halogenated alkanes) is 1. The largest absolute Gasteiger partial charge is 0.474 e. The third-order valence-electron chi connectivity index (χ3n) is 10.2. The van der Waals surface area contributed by atoms with Gasteiger partial charge in [-0.15, -0.1) is 0 Å². The maximum atomic E-state index is 6.33. The Bertz CT molecular complexity index is 1540. The maximum Gasteiger partial charge on any atom is 0.213 e. The van der Waals surface area contributed by atoms with Gasteiger partial charge in [-0.2, -0.15) is 0 Å². The molecule has 3 atom stereocenters. The minimum atomic E-state index is 0.0201. The van der Waals surface area contributed by atoms with Gasteiger partial charge in [0.1, 0.15) is 6.10 Å². The van der Waals surface area contributed by atoms with Gasteiger partial charge >= 0.3 is 0 Å². The fourth-order valence-corrected chi connectivity index (χ4v) is 7.37. The number of hydrogen-bond donors (Lipinski definition) is 0. The molecule has 7 rings (SSSR count). The maximum absolute atomic E-state index is 6.33. The lowest BCUT2D eigenvalue weighted by Gasteiger charge is -2.36. The number of fused-ring (bicyclic) bond motifs is 3. The summed E-state index contributed by atoms with van der Waals surface area (Å²) in [6.45, 7) is 4.18. The van der Waals surface area contributed by atoms with Crippen LogP contribution in [0.1, 0.15) is 70.6 Å². The van der Waals surface area contributed by atoms with Crippen molar-refractivity contribution in [3.63, 3.8) is 0 Å². The van der Waals surface area contributed by atoms with Crippen molar-refractivity contribution in [1.82, 2.24) is 14.5 Å². The summed E-state index contributed by atoms with van der Waals surface area (Å²) in [6.07, 6.45) is 18.6. The number of ether oxygens (including phenoxy) is 5. The summed E-state index contributed by atoms with van der Waals surface area (Å²) in [6, 6.07) is 12.7. The number of pyridine rings is 2. The van der Waals surface area contributed by atoms with E-state index < -0.39 is 0 Å². The van der Waals surface area contributed by atoms with Crippen LogP contribution in [-0.2, 0) is 26.0 Å². The molecular formula is C38H49N3O5. The van der Waals surface area contributed by atoms with E-state index in [2.05, 4.69) is 51.9 Å². The molecule has 3 unspecified atom stereocenters. The van der Waals surface area contributed by atoms with Crippen LogP contribution in [0.5, 0.6) is 5.88 Å². The quantitative estimate of drug-likeness (QED) is 0.132. The zero-order chi connectivity index (χ0) is 31.1. The van der Waals surface area contributed by atoms with Crippen LogP contribution in [0.25, 0.3) is 32.9 Å². The summed E-state index contributed by atoms with van der Waals surface area (Å²) in [4.78, 5) is 8.95. The van der Waals surface area contributed by atoms with Crippen molar-refractivity contribution in [3.05, 3.63) is 55.0 Å². The van der Waals surface area contributed by atoms with Crippen LogP contribution in [0.4, 0.5) is 0 Å². The minimum Gasteiger partial charge on any atom is -0.474 e. The molecule has 3 fully saturated rings. The molecule has 0 amide bonds. The highest BCUT2D eigenvalue weighted by Crippen LogP contribution is 2.34. The Labute approximate surface area is 272 Å². The summed E-state index contributed by atoms with van der Waals surface area (Å²) in [5, 5.41) is 2.40. The van der Waals surface area contributed by atoms with E-state index >= 15 is 0 Å². The highest BCUT2D eigenvalue weighted by Gasteiger charge is 2.33. The fourth-order valence-electron chi connectivity index (χ4n) is 7.37. The van der Waals surface area contributed by atoms with E-state index in [0.29, 0.717) is 23.8 Å². The average Bonchev–Trinajstić information content (AvgIpc) is 3.37. The van der Waals surface area contributed by atoms with Gasteiger partial charge in [-0.1, -0.05) is 18.6 Å². The van der Waals surface area contributed by atoms with Crippen molar-refractivity contribution in [1.29, 1.82) is 0 Å². The lowest BCUT2D eigenvalue weighted by Crippen LogP contribution is -2.40. The average molecular weight is 628 g/mol. The van der Waals surface area contributed by atoms with Crippen LogP contribution in [0.2, 0.25) is 0 Å². The van der Waals surface area contributed by atoms with Crippen LogP contribution in [-0.4, -0.2) is 66.1 Å². The van der Waals surface area contributed by atoms with Crippen molar-refractivity contribution < 1.29 is 23.7 Å². The summed E-state index contributed by atoms with van der Waals surface area (Å²) in [5.74, 6) is 1.99. The molecule has 246 valence electrons. The second-order valence-corrected chi connectivity index (χ2v) is 13.6. The predicted octanol–water partition coefficient (Wildman–Crippen LogP) is 7.86. The van der Waals surface area contributed by atoms with Gasteiger partial charge in [0.15, 0.2) is 6.29 Å². The first kappa shape index (κ1) is 31.6. The smallest absolute Gasteiger partial charge is 0.213 e. The first-order valence-electron chi connectivity index (χ1n) is 17.6. The summed E-state index contributed by atoms with van der Waals surface area (Å²) >= 11 is 0. The Morgan fingerprint density at radius 1 is 0.783 bits per heavy atom. The van der Waals surface area contributed by atoms with Gasteiger partial charge in [-0.3, -0.25) is 4.98 Å². The molecule has 4 aromatic rings. The van der Waals surface area contributed by atoms with Gasteiger partial charge in [-0.05, 0) is 87.0 Å². The lowest BCUT2D eigenvalue weighted by molar-refractivity contribution is -0.163. The Kier molecular flexibility index (Phi) is 10.5. The summed E-state index contributed by atoms with van der Waals surface area (Å²) in [5.41, 5.74) is 4.61. The number of benzene rings is 1. The van der Waals surface area contributed by atoms with E-state index in [1.54, 1.807) is 0 Å². The number of rotatable bonds is 14. The third-order valence-corrected chi connectivity index (χ3v) is 10.2. The topological polar surface area (TPSA) is 76.9 Å². The van der Waals surface area contributed by atoms with E-state index in [9.17, 15) is 0 Å². The van der Waals surface area contributed by atoms with E-state index in [0.717, 1.165) is 82.7 Å². The molecule has 3 aromatic heterocycles. The normalized spacial score (nSPS) is 25.1. The molecule has 0 N–H and O–H groups in total. The number of nitrogens with zero attached hydrogens (tertiary/aromatic N) is 3. The Balaban J connectivity index is 0.782. The van der Waals surface area contributed by atoms with Crippen LogP contribution in [0.15, 0.2) is 55.0 Å². The van der Waals surface area contributed by atoms with Crippen LogP contribution < -0.4 is 4.74 Å². The Morgan fingerprint density at radius 3 is 2.50 bits per heavy atom. The molecule has 3 aliphatic rings. The minimum absolute atomic E-state index is 0.0201. The van der Waals surface area contributed by atoms with Crippen LogP contribution in [0, 0.1) is 11.8 Å². The zero-order valence-electron chi connectivity index (χ0n) is 27.3. The van der Waals surface area contributed by atoms with Crippen molar-refractivity contribution in [2.45, 2.75) is 89.1 Å². The molecule has 8 heteroatoms. The van der Waals surface area contributed by atoms with E-state index in [1.165, 1.54) is 53.9 Å². The standard InChI is InChI=1S/C38H49N3O5/c1-41-35-14-15-39-24-34(35)33-12-10-29(20-36(33)41)30-11-13-37(40-23-30)46-32-21-31(22-32)45-26-28-8-6-7-27(19-28)25-42-16-4-5-18-44-38-9-2-3-17-43-38/h10-15,20,23-24,27-28,31-32,38H,2-9,16-19,21-22,25-26H2,1H3. The Hall–Kier alpha value is -3.04. The van der Waals surface area contributed by atoms with Crippen molar-refractivity contribution in [2.24, 2.45) is 18.9 Å². The van der Waals surface area contributed by atoms with Crippen molar-refractivity contribution >= 4 is 21.8 Å². The highest BCUT2D eigenvalue weighted by molar-refractivity contribution is 6.08. The van der Waals surface area contributed by atoms with E-state index in [1.807, 2.05) is 24.7 Å². The fraction of sp³-hybridized carbons (Fsp3) is 0.579. The number of aryl methyl sites for hydroxylation is 1. The predicted molar refractivity (Wildman–Crippen MR) is 180 cm³/mol. The van der Waals surface area contributed by atoms with Gasteiger partial charge in [-0.25, -0.2) is 4.98 Å². The SMILES string of the molecule is Cn1c2ccncc2c2ccc(-c3ccc(OC4CC(OCC5CCCC(COCCCCOC6CCCCO6)C5)C4)nc3)cc21. The van der Waals surface area contributed by atoms with Gasteiger partial charge in [0.05, 0.1) is 11.6 Å². The number of aromatic nitrogens is 3. The van der Waals surface area contributed by atoms with Gasteiger partial charge in [0, 0.05) is 99.4 Å². The van der Waals surface area contributed by atoms with Crippen LogP contribution in [0.3, 0.4) is 0 Å². The van der Waals surface area contributed by atoms with Crippen molar-refractivity contribution in [2.75, 3.05) is 33.0 Å². The number of hydrogen-bond acceptors (Lipinski definition) is 7. The van der Waals surface area contributed by atoms with E-state index in [4.69, 9.17) is 23.7 Å². The van der Waals surface area contributed by atoms with Gasteiger partial charge in [0.25, 0.3) is 0 Å². The van der Waals surface area contributed by atoms with E-state index in [-0.39, 0.29) is 12.4 Å². The first-order valence-corrected chi connectivity index (χ1v) is 17.6. The summed E-state index contributed by atoms with van der Waals surface area (Å²) in [7, 11) is 2.11. The van der Waals surface area contributed by atoms with Crippen molar-refractivity contribution in [3.8, 4) is 17.0 Å². The zero-order valence-corrected chi connectivity index (χ0v) is 27.3. The molecule has 0 radical (unpaired) electrons. The molecule has 4 heterocycles. The molecule has 8 nitrogen and oxygen atoms in total. The van der Waals surface area contributed by atoms with Crippen LogP contribution >= 0.6 is 0 Å². The monoisotopic (exact) mass is 627 g/mol. The highest BCUT2D eigenvalue weighted by atomic mass is 16.7. The second-order valence-electron chi connectivity index (χ2n) is 13.6. The molecular weight excluding hydrogens is 578 g/mol. The Morgan fingerprint density at radius 2 is 1.65 bits per heavy atom.